The molecule has 1 aromatic carbocycles. The number of carboxylic acids is 1. The van der Waals surface area contributed by atoms with Crippen LogP contribution in [0.25, 0.3) is 0 Å². The van der Waals surface area contributed by atoms with Gasteiger partial charge in [0.25, 0.3) is 0 Å². The van der Waals surface area contributed by atoms with Crippen LogP contribution in [-0.4, -0.2) is 50.5 Å². The smallest absolute Gasteiger partial charge is 0.329 e. The minimum Gasteiger partial charge on any atom is -0.494 e. The second kappa shape index (κ2) is 14.1. The first-order valence-corrected chi connectivity index (χ1v) is 8.93. The van der Waals surface area contributed by atoms with Crippen LogP contribution in [0.3, 0.4) is 0 Å². The average molecular weight is 367 g/mol. The highest BCUT2D eigenvalue weighted by Crippen LogP contribution is 2.19. The lowest BCUT2D eigenvalue weighted by Crippen LogP contribution is -2.16. The molecular formula is C19H29NO6. The largest absolute Gasteiger partial charge is 0.494 e. The molecule has 0 aliphatic carbocycles. The van der Waals surface area contributed by atoms with Crippen LogP contribution in [0.1, 0.15) is 44.2 Å². The molecule has 7 nitrogen and oxygen atoms in total. The molecule has 1 atom stereocenters. The predicted molar refractivity (Wildman–Crippen MR) is 97.3 cm³/mol. The Kier molecular flexibility index (Phi) is 11.9. The first kappa shape index (κ1) is 21.9. The highest BCUT2D eigenvalue weighted by atomic mass is 16.5. The SMILES string of the molecule is CC(NC=O)c1cccc(OCCCCCOCCCOCC(=O)O)c1. The molecule has 0 heterocycles. The number of carboxylic acid groups (broad SMARTS) is 1. The summed E-state index contributed by atoms with van der Waals surface area (Å²) in [4.78, 5) is 20.7. The van der Waals surface area contributed by atoms with Crippen LogP contribution in [-0.2, 0) is 19.1 Å². The average Bonchev–Trinajstić information content (AvgIpc) is 2.63. The fraction of sp³-hybridized carbons (Fsp3) is 0.579. The van der Waals surface area contributed by atoms with E-state index in [4.69, 9.17) is 19.3 Å². The van der Waals surface area contributed by atoms with Crippen LogP contribution in [0, 0.1) is 0 Å². The van der Waals surface area contributed by atoms with Gasteiger partial charge in [0.05, 0.1) is 12.6 Å². The lowest BCUT2D eigenvalue weighted by atomic mass is 10.1. The first-order chi connectivity index (χ1) is 12.6. The van der Waals surface area contributed by atoms with Crippen molar-refractivity contribution in [3.05, 3.63) is 29.8 Å². The van der Waals surface area contributed by atoms with Crippen LogP contribution in [0.4, 0.5) is 0 Å². The monoisotopic (exact) mass is 367 g/mol. The Morgan fingerprint density at radius 1 is 1.12 bits per heavy atom. The highest BCUT2D eigenvalue weighted by Gasteiger charge is 2.04. The first-order valence-electron chi connectivity index (χ1n) is 8.93. The van der Waals surface area contributed by atoms with E-state index in [1.54, 1.807) is 0 Å². The Hall–Kier alpha value is -2.12. The van der Waals surface area contributed by atoms with Gasteiger partial charge in [0, 0.05) is 19.8 Å². The van der Waals surface area contributed by atoms with Crippen molar-refractivity contribution in [1.29, 1.82) is 0 Å². The number of benzene rings is 1. The number of hydrogen-bond acceptors (Lipinski definition) is 5. The van der Waals surface area contributed by atoms with Gasteiger partial charge in [0.2, 0.25) is 6.41 Å². The zero-order valence-electron chi connectivity index (χ0n) is 15.3. The molecule has 146 valence electrons. The second-order valence-electron chi connectivity index (χ2n) is 5.90. The van der Waals surface area contributed by atoms with Gasteiger partial charge in [0.1, 0.15) is 12.4 Å². The summed E-state index contributed by atoms with van der Waals surface area (Å²) in [5, 5.41) is 11.1. The van der Waals surface area contributed by atoms with Crippen LogP contribution >= 0.6 is 0 Å². The minimum absolute atomic E-state index is 0.0391. The number of rotatable bonds is 16. The molecule has 2 N–H and O–H groups in total. The molecule has 0 aromatic heterocycles. The van der Waals surface area contributed by atoms with E-state index in [1.165, 1.54) is 0 Å². The molecule has 0 saturated heterocycles. The molecule has 1 unspecified atom stereocenters. The maximum absolute atomic E-state index is 10.5. The Morgan fingerprint density at radius 3 is 2.62 bits per heavy atom. The van der Waals surface area contributed by atoms with E-state index in [9.17, 15) is 9.59 Å². The zero-order chi connectivity index (χ0) is 19.0. The van der Waals surface area contributed by atoms with Crippen LogP contribution < -0.4 is 10.1 Å². The fourth-order valence-electron chi connectivity index (χ4n) is 2.27. The van der Waals surface area contributed by atoms with E-state index in [0.29, 0.717) is 39.3 Å². The predicted octanol–water partition coefficient (Wildman–Crippen LogP) is 2.55. The molecule has 0 radical (unpaired) electrons. The highest BCUT2D eigenvalue weighted by molar-refractivity contribution is 5.67. The van der Waals surface area contributed by atoms with Gasteiger partial charge in [-0.3, -0.25) is 4.79 Å². The summed E-state index contributed by atoms with van der Waals surface area (Å²) in [7, 11) is 0. The van der Waals surface area contributed by atoms with Gasteiger partial charge < -0.3 is 24.6 Å². The molecule has 1 aromatic rings. The van der Waals surface area contributed by atoms with Crippen LogP contribution in [0.15, 0.2) is 24.3 Å². The summed E-state index contributed by atoms with van der Waals surface area (Å²) in [5.74, 6) is -0.147. The van der Waals surface area contributed by atoms with Crippen LogP contribution in [0.5, 0.6) is 5.75 Å². The van der Waals surface area contributed by atoms with Crippen molar-refractivity contribution in [2.75, 3.05) is 33.0 Å². The summed E-state index contributed by atoms with van der Waals surface area (Å²) in [6.45, 7) is 3.97. The molecular weight excluding hydrogens is 338 g/mol. The fourth-order valence-corrected chi connectivity index (χ4v) is 2.27. The van der Waals surface area contributed by atoms with Gasteiger partial charge in [-0.1, -0.05) is 12.1 Å². The molecule has 0 aliphatic rings. The van der Waals surface area contributed by atoms with Gasteiger partial charge in [0.15, 0.2) is 0 Å². The van der Waals surface area contributed by atoms with Gasteiger partial charge >= 0.3 is 5.97 Å². The molecule has 7 heteroatoms. The van der Waals surface area contributed by atoms with Gasteiger partial charge in [-0.2, -0.15) is 0 Å². The van der Waals surface area contributed by atoms with Crippen LogP contribution in [0.2, 0.25) is 0 Å². The quantitative estimate of drug-likeness (QED) is 0.344. The Labute approximate surface area is 154 Å². The molecule has 0 aliphatic heterocycles. The summed E-state index contributed by atoms with van der Waals surface area (Å²) < 4.78 is 16.1. The van der Waals surface area contributed by atoms with Crippen molar-refractivity contribution in [1.82, 2.24) is 5.32 Å². The normalized spacial score (nSPS) is 11.7. The molecule has 1 amide bonds. The third-order valence-electron chi connectivity index (χ3n) is 3.68. The third-order valence-corrected chi connectivity index (χ3v) is 3.68. The van der Waals surface area contributed by atoms with Crippen molar-refractivity contribution in [3.63, 3.8) is 0 Å². The van der Waals surface area contributed by atoms with Gasteiger partial charge in [-0.25, -0.2) is 4.79 Å². The van der Waals surface area contributed by atoms with E-state index < -0.39 is 5.97 Å². The lowest BCUT2D eigenvalue weighted by molar-refractivity contribution is -0.142. The molecule has 1 rings (SSSR count). The number of ether oxygens (including phenoxy) is 3. The van der Waals surface area contributed by atoms with Gasteiger partial charge in [-0.15, -0.1) is 0 Å². The molecule has 0 fully saturated rings. The van der Waals surface area contributed by atoms with Crippen molar-refractivity contribution in [3.8, 4) is 5.75 Å². The van der Waals surface area contributed by atoms with Crippen molar-refractivity contribution < 1.29 is 28.9 Å². The van der Waals surface area contributed by atoms with Gasteiger partial charge in [-0.05, 0) is 50.3 Å². The second-order valence-corrected chi connectivity index (χ2v) is 5.90. The topological polar surface area (TPSA) is 94.1 Å². The van der Waals surface area contributed by atoms with E-state index in [-0.39, 0.29) is 12.6 Å². The van der Waals surface area contributed by atoms with Crippen molar-refractivity contribution >= 4 is 12.4 Å². The van der Waals surface area contributed by atoms with E-state index in [1.807, 2.05) is 31.2 Å². The Morgan fingerprint density at radius 2 is 1.85 bits per heavy atom. The zero-order valence-corrected chi connectivity index (χ0v) is 15.3. The molecule has 0 saturated carbocycles. The van der Waals surface area contributed by atoms with E-state index in [0.717, 1.165) is 30.6 Å². The number of unbranched alkanes of at least 4 members (excludes halogenated alkanes) is 2. The van der Waals surface area contributed by atoms with E-state index in [2.05, 4.69) is 5.32 Å². The molecule has 26 heavy (non-hydrogen) atoms. The van der Waals surface area contributed by atoms with Crippen molar-refractivity contribution in [2.45, 2.75) is 38.6 Å². The number of aliphatic carboxylic acids is 1. The lowest BCUT2D eigenvalue weighted by Gasteiger charge is -2.12. The summed E-state index contributed by atoms with van der Waals surface area (Å²) in [6.07, 6.45) is 4.31. The maximum Gasteiger partial charge on any atom is 0.329 e. The summed E-state index contributed by atoms with van der Waals surface area (Å²) >= 11 is 0. The third kappa shape index (κ3) is 10.7. The Balaban J connectivity index is 2.00. The number of nitrogens with one attached hydrogen (secondary N) is 1. The minimum atomic E-state index is -0.952. The summed E-state index contributed by atoms with van der Waals surface area (Å²) in [6, 6.07) is 7.69. The molecule has 0 bridgehead atoms. The van der Waals surface area contributed by atoms with Crippen molar-refractivity contribution in [2.24, 2.45) is 0 Å². The maximum atomic E-state index is 10.5. The van der Waals surface area contributed by atoms with E-state index >= 15 is 0 Å². The Bertz CT molecular complexity index is 523. The number of hydrogen-bond donors (Lipinski definition) is 2. The number of carbonyl (C=O) groups excluding carboxylic acids is 1. The standard InChI is InChI=1S/C19H29NO6/c1-16(20-15-21)17-7-5-8-18(13-17)26-12-4-2-3-9-24-10-6-11-25-14-19(22)23/h5,7-8,13,15-16H,2-4,6,9-12,14H2,1H3,(H,20,21)(H,22,23). The molecule has 0 spiro atoms. The summed E-state index contributed by atoms with van der Waals surface area (Å²) in [5.41, 5.74) is 1.01. The number of carbonyl (C=O) groups is 2. The number of amides is 1.